The number of pyridine rings is 1. The topological polar surface area (TPSA) is 37.4 Å². The third-order valence-electron chi connectivity index (χ3n) is 3.71. The maximum Gasteiger partial charge on any atom is 0.129 e. The van der Waals surface area contributed by atoms with Crippen molar-refractivity contribution >= 4 is 5.82 Å². The molecule has 1 unspecified atom stereocenters. The van der Waals surface area contributed by atoms with Crippen molar-refractivity contribution in [2.24, 2.45) is 0 Å². The molecule has 2 heterocycles. The highest BCUT2D eigenvalue weighted by molar-refractivity contribution is 5.44. The zero-order valence-electron chi connectivity index (χ0n) is 13.1. The van der Waals surface area contributed by atoms with E-state index in [-0.39, 0.29) is 0 Å². The molecule has 20 heavy (non-hydrogen) atoms. The average Bonchev–Trinajstić information content (AvgIpc) is 2.44. The Morgan fingerprint density at radius 1 is 1.45 bits per heavy atom. The Bertz CT molecular complexity index is 434. The molecule has 1 aliphatic heterocycles. The molecule has 112 valence electrons. The Hall–Kier alpha value is -1.13. The van der Waals surface area contributed by atoms with Crippen LogP contribution in [0.5, 0.6) is 0 Å². The van der Waals surface area contributed by atoms with Crippen LogP contribution in [0.2, 0.25) is 0 Å². The van der Waals surface area contributed by atoms with Crippen molar-refractivity contribution in [1.29, 1.82) is 0 Å². The van der Waals surface area contributed by atoms with Gasteiger partial charge in [0.15, 0.2) is 0 Å². The lowest BCUT2D eigenvalue weighted by molar-refractivity contribution is 0.0925. The number of rotatable bonds is 5. The number of anilines is 1. The van der Waals surface area contributed by atoms with Gasteiger partial charge >= 0.3 is 0 Å². The van der Waals surface area contributed by atoms with Crippen LogP contribution in [0.4, 0.5) is 5.82 Å². The van der Waals surface area contributed by atoms with Crippen LogP contribution < -0.4 is 10.2 Å². The SMILES string of the molecule is CCC1COCCN1c1cc(CNC(C)C)cc(C)n1. The van der Waals surface area contributed by atoms with Gasteiger partial charge in [0.05, 0.1) is 19.3 Å². The van der Waals surface area contributed by atoms with Gasteiger partial charge in [-0.25, -0.2) is 4.98 Å². The predicted molar refractivity (Wildman–Crippen MR) is 83.2 cm³/mol. The van der Waals surface area contributed by atoms with Gasteiger partial charge in [-0.2, -0.15) is 0 Å². The van der Waals surface area contributed by atoms with E-state index in [0.29, 0.717) is 12.1 Å². The third kappa shape index (κ3) is 3.93. The summed E-state index contributed by atoms with van der Waals surface area (Å²) in [7, 11) is 0. The average molecular weight is 277 g/mol. The van der Waals surface area contributed by atoms with E-state index in [1.54, 1.807) is 0 Å². The second-order valence-corrected chi connectivity index (χ2v) is 5.84. The fourth-order valence-corrected chi connectivity index (χ4v) is 2.59. The number of morpholine rings is 1. The van der Waals surface area contributed by atoms with Crippen LogP contribution in [0.3, 0.4) is 0 Å². The van der Waals surface area contributed by atoms with E-state index in [4.69, 9.17) is 9.72 Å². The highest BCUT2D eigenvalue weighted by Crippen LogP contribution is 2.21. The van der Waals surface area contributed by atoms with E-state index in [1.165, 1.54) is 5.56 Å². The molecule has 4 nitrogen and oxygen atoms in total. The van der Waals surface area contributed by atoms with Gasteiger partial charge in [-0.05, 0) is 31.0 Å². The summed E-state index contributed by atoms with van der Waals surface area (Å²) in [5, 5.41) is 3.47. The summed E-state index contributed by atoms with van der Waals surface area (Å²) in [4.78, 5) is 7.12. The second kappa shape index (κ2) is 7.04. The maximum atomic E-state index is 5.58. The zero-order chi connectivity index (χ0) is 14.5. The molecule has 4 heteroatoms. The summed E-state index contributed by atoms with van der Waals surface area (Å²) >= 11 is 0. The summed E-state index contributed by atoms with van der Waals surface area (Å²) in [5.41, 5.74) is 2.40. The predicted octanol–water partition coefficient (Wildman–Crippen LogP) is 2.50. The van der Waals surface area contributed by atoms with Crippen molar-refractivity contribution in [3.63, 3.8) is 0 Å². The van der Waals surface area contributed by atoms with E-state index in [9.17, 15) is 0 Å². The lowest BCUT2D eigenvalue weighted by Gasteiger charge is -2.36. The molecule has 1 N–H and O–H groups in total. The Balaban J connectivity index is 2.17. The molecule has 1 aromatic rings. The zero-order valence-corrected chi connectivity index (χ0v) is 13.1. The number of ether oxygens (including phenoxy) is 1. The van der Waals surface area contributed by atoms with E-state index in [2.05, 4.69) is 50.0 Å². The molecule has 2 rings (SSSR count). The first-order valence-corrected chi connectivity index (χ1v) is 7.65. The molecule has 0 aliphatic carbocycles. The summed E-state index contributed by atoms with van der Waals surface area (Å²) < 4.78 is 5.58. The second-order valence-electron chi connectivity index (χ2n) is 5.84. The van der Waals surface area contributed by atoms with Crippen LogP contribution in [-0.4, -0.2) is 36.8 Å². The standard InChI is InChI=1S/C16H27N3O/c1-5-15-11-20-7-6-19(15)16-9-14(8-13(4)18-16)10-17-12(2)3/h8-9,12,15,17H,5-7,10-11H2,1-4H3. The number of hydrogen-bond acceptors (Lipinski definition) is 4. The monoisotopic (exact) mass is 277 g/mol. The lowest BCUT2D eigenvalue weighted by atomic mass is 10.1. The molecule has 1 saturated heterocycles. The van der Waals surface area contributed by atoms with Crippen molar-refractivity contribution in [3.05, 3.63) is 23.4 Å². The van der Waals surface area contributed by atoms with Crippen LogP contribution in [0, 0.1) is 6.92 Å². The summed E-state index contributed by atoms with van der Waals surface area (Å²) in [6.07, 6.45) is 1.09. The van der Waals surface area contributed by atoms with Crippen LogP contribution in [0.15, 0.2) is 12.1 Å². The van der Waals surface area contributed by atoms with Gasteiger partial charge in [-0.15, -0.1) is 0 Å². The normalized spacial score (nSPS) is 19.6. The molecule has 1 atom stereocenters. The van der Waals surface area contributed by atoms with Gasteiger partial charge in [0.25, 0.3) is 0 Å². The summed E-state index contributed by atoms with van der Waals surface area (Å²) in [6, 6.07) is 5.33. The smallest absolute Gasteiger partial charge is 0.129 e. The fourth-order valence-electron chi connectivity index (χ4n) is 2.59. The Morgan fingerprint density at radius 2 is 2.25 bits per heavy atom. The van der Waals surface area contributed by atoms with E-state index >= 15 is 0 Å². The van der Waals surface area contributed by atoms with Gasteiger partial charge in [-0.1, -0.05) is 20.8 Å². The Kier molecular flexibility index (Phi) is 5.38. The minimum absolute atomic E-state index is 0.448. The van der Waals surface area contributed by atoms with Gasteiger partial charge in [0.1, 0.15) is 5.82 Å². The summed E-state index contributed by atoms with van der Waals surface area (Å²) in [6.45, 7) is 12.1. The number of nitrogens with one attached hydrogen (secondary N) is 1. The Morgan fingerprint density at radius 3 is 2.95 bits per heavy atom. The highest BCUT2D eigenvalue weighted by atomic mass is 16.5. The Labute approximate surface area is 122 Å². The summed E-state index contributed by atoms with van der Waals surface area (Å²) in [5.74, 6) is 1.10. The van der Waals surface area contributed by atoms with Gasteiger partial charge in [0.2, 0.25) is 0 Å². The molecule has 0 spiro atoms. The number of nitrogens with zero attached hydrogens (tertiary/aromatic N) is 2. The molecule has 0 saturated carbocycles. The number of hydrogen-bond donors (Lipinski definition) is 1. The molecule has 1 aliphatic rings. The van der Waals surface area contributed by atoms with Crippen LogP contribution in [-0.2, 0) is 11.3 Å². The fraction of sp³-hybridized carbons (Fsp3) is 0.688. The molecule has 0 bridgehead atoms. The maximum absolute atomic E-state index is 5.58. The van der Waals surface area contributed by atoms with Crippen molar-refractivity contribution in [1.82, 2.24) is 10.3 Å². The van der Waals surface area contributed by atoms with Crippen molar-refractivity contribution in [2.75, 3.05) is 24.7 Å². The minimum Gasteiger partial charge on any atom is -0.377 e. The lowest BCUT2D eigenvalue weighted by Crippen LogP contribution is -2.45. The van der Waals surface area contributed by atoms with Crippen LogP contribution >= 0.6 is 0 Å². The highest BCUT2D eigenvalue weighted by Gasteiger charge is 2.23. The molecule has 0 aromatic carbocycles. The largest absolute Gasteiger partial charge is 0.377 e. The van der Waals surface area contributed by atoms with Gasteiger partial charge in [0, 0.05) is 24.8 Å². The van der Waals surface area contributed by atoms with E-state index in [1.807, 2.05) is 0 Å². The van der Waals surface area contributed by atoms with Crippen molar-refractivity contribution in [2.45, 2.75) is 52.7 Å². The van der Waals surface area contributed by atoms with Crippen LogP contribution in [0.1, 0.15) is 38.4 Å². The van der Waals surface area contributed by atoms with E-state index < -0.39 is 0 Å². The van der Waals surface area contributed by atoms with Gasteiger partial charge in [-0.3, -0.25) is 0 Å². The van der Waals surface area contributed by atoms with Crippen molar-refractivity contribution in [3.8, 4) is 0 Å². The number of aromatic nitrogens is 1. The molecule has 0 amide bonds. The first-order chi connectivity index (χ1) is 9.60. The van der Waals surface area contributed by atoms with E-state index in [0.717, 1.165) is 44.2 Å². The molecule has 0 radical (unpaired) electrons. The first kappa shape index (κ1) is 15.3. The molecular weight excluding hydrogens is 250 g/mol. The quantitative estimate of drug-likeness (QED) is 0.897. The van der Waals surface area contributed by atoms with Crippen LogP contribution in [0.25, 0.3) is 0 Å². The van der Waals surface area contributed by atoms with Gasteiger partial charge < -0.3 is 15.0 Å². The molecule has 1 fully saturated rings. The first-order valence-electron chi connectivity index (χ1n) is 7.65. The molecule has 1 aromatic heterocycles. The molecular formula is C16H27N3O. The number of aryl methyl sites for hydroxylation is 1. The third-order valence-corrected chi connectivity index (χ3v) is 3.71. The van der Waals surface area contributed by atoms with Crippen molar-refractivity contribution < 1.29 is 4.74 Å². The minimum atomic E-state index is 0.448.